The topological polar surface area (TPSA) is 29.5 Å². The second-order valence-corrected chi connectivity index (χ2v) is 16.0. The molecule has 296 valence electrons. The lowest BCUT2D eigenvalue weighted by Gasteiger charge is -2.26. The maximum Gasteiger partial charge on any atom is 0.143 e. The van der Waals surface area contributed by atoms with Crippen molar-refractivity contribution in [1.29, 1.82) is 0 Å². The predicted octanol–water partition coefficient (Wildman–Crippen LogP) is 17.3. The van der Waals surface area contributed by atoms with Gasteiger partial charge in [-0.25, -0.2) is 0 Å². The van der Waals surface area contributed by atoms with Gasteiger partial charge in [-0.05, 0) is 98.6 Å². The highest BCUT2D eigenvalue weighted by molar-refractivity contribution is 6.10. The second kappa shape index (κ2) is 15.3. The maximum atomic E-state index is 6.44. The van der Waals surface area contributed by atoms with Crippen LogP contribution in [0, 0.1) is 0 Å². The van der Waals surface area contributed by atoms with Gasteiger partial charge in [0.05, 0.1) is 0 Å². The number of anilines is 3. The minimum atomic E-state index is 0.850. The molecule has 12 aromatic rings. The number of hydrogen-bond donors (Lipinski definition) is 0. The van der Waals surface area contributed by atoms with Crippen molar-refractivity contribution in [2.24, 2.45) is 0 Å². The molecule has 3 heteroatoms. The molecule has 10 aromatic carbocycles. The summed E-state index contributed by atoms with van der Waals surface area (Å²) in [6, 6.07) is 84.1. The lowest BCUT2D eigenvalue weighted by Crippen LogP contribution is -2.09. The van der Waals surface area contributed by atoms with Crippen molar-refractivity contribution < 1.29 is 8.83 Å². The molecule has 0 N–H and O–H groups in total. The Morgan fingerprint density at radius 1 is 0.254 bits per heavy atom. The Labute approximate surface area is 365 Å². The van der Waals surface area contributed by atoms with E-state index < -0.39 is 0 Å². The molecule has 0 spiro atoms. The molecule has 0 aliphatic heterocycles. The fourth-order valence-electron chi connectivity index (χ4n) is 9.37. The van der Waals surface area contributed by atoms with Crippen LogP contribution in [0.2, 0.25) is 0 Å². The molecule has 0 aliphatic rings. The number of fused-ring (bicyclic) bond motifs is 6. The number of nitrogens with zero attached hydrogens (tertiary/aromatic N) is 1. The van der Waals surface area contributed by atoms with E-state index in [4.69, 9.17) is 8.83 Å². The molecule has 0 saturated heterocycles. The van der Waals surface area contributed by atoms with E-state index in [0.29, 0.717) is 0 Å². The summed E-state index contributed by atoms with van der Waals surface area (Å²) >= 11 is 0. The van der Waals surface area contributed by atoms with Gasteiger partial charge in [0.25, 0.3) is 0 Å². The van der Waals surface area contributed by atoms with E-state index in [0.717, 1.165) is 77.6 Å². The number of benzene rings is 10. The summed E-state index contributed by atoms with van der Waals surface area (Å²) < 4.78 is 12.9. The Hall–Kier alpha value is -8.40. The van der Waals surface area contributed by atoms with Crippen LogP contribution >= 0.6 is 0 Å². The van der Waals surface area contributed by atoms with E-state index >= 15 is 0 Å². The minimum absolute atomic E-state index is 0.850. The fourth-order valence-corrected chi connectivity index (χ4v) is 9.37. The normalized spacial score (nSPS) is 11.5. The van der Waals surface area contributed by atoms with Gasteiger partial charge in [-0.2, -0.15) is 0 Å². The van der Waals surface area contributed by atoms with E-state index in [1.807, 2.05) is 24.3 Å². The van der Waals surface area contributed by atoms with Crippen molar-refractivity contribution in [2.75, 3.05) is 4.90 Å². The number of rotatable bonds is 8. The molecule has 0 amide bonds. The minimum Gasteiger partial charge on any atom is -0.456 e. The summed E-state index contributed by atoms with van der Waals surface area (Å²) in [4.78, 5) is 2.31. The molecule has 63 heavy (non-hydrogen) atoms. The van der Waals surface area contributed by atoms with Gasteiger partial charge in [0, 0.05) is 50.2 Å². The SMILES string of the molecule is c1ccc(-c2ccccc2-c2c(-c3ccccc3)cccc2-c2ccc(N(c3ccc(-c4cccc5c4oc4ccccc45)cc3)c3ccc4c(c3)oc3ccccc34)cc2)cc1. The predicted molar refractivity (Wildman–Crippen MR) is 263 cm³/mol. The highest BCUT2D eigenvalue weighted by Crippen LogP contribution is 2.46. The Morgan fingerprint density at radius 3 is 1.35 bits per heavy atom. The van der Waals surface area contributed by atoms with Crippen molar-refractivity contribution >= 4 is 60.9 Å². The van der Waals surface area contributed by atoms with Crippen LogP contribution in [0.5, 0.6) is 0 Å². The van der Waals surface area contributed by atoms with E-state index in [1.165, 1.54) is 38.9 Å². The van der Waals surface area contributed by atoms with E-state index in [1.54, 1.807) is 0 Å². The van der Waals surface area contributed by atoms with Crippen LogP contribution in [-0.4, -0.2) is 0 Å². The third-order valence-corrected chi connectivity index (χ3v) is 12.3. The lowest BCUT2D eigenvalue weighted by atomic mass is 9.84. The number of furan rings is 2. The molecule has 0 bridgehead atoms. The Kier molecular flexibility index (Phi) is 8.83. The molecule has 2 aromatic heterocycles. The van der Waals surface area contributed by atoms with Gasteiger partial charge in [-0.1, -0.05) is 182 Å². The summed E-state index contributed by atoms with van der Waals surface area (Å²) in [5, 5.41) is 4.46. The number of para-hydroxylation sites is 3. The molecule has 0 saturated carbocycles. The quantitative estimate of drug-likeness (QED) is 0.153. The fraction of sp³-hybridized carbons (Fsp3) is 0. The van der Waals surface area contributed by atoms with Crippen molar-refractivity contribution in [3.05, 3.63) is 237 Å². The summed E-state index contributed by atoms with van der Waals surface area (Å²) in [6.07, 6.45) is 0. The molecule has 0 radical (unpaired) electrons. The van der Waals surface area contributed by atoms with Gasteiger partial charge in [0.2, 0.25) is 0 Å². The molecule has 0 fully saturated rings. The van der Waals surface area contributed by atoms with Crippen molar-refractivity contribution in [2.45, 2.75) is 0 Å². The first-order valence-electron chi connectivity index (χ1n) is 21.4. The summed E-state index contributed by atoms with van der Waals surface area (Å²) in [5.74, 6) is 0. The van der Waals surface area contributed by atoms with Crippen LogP contribution < -0.4 is 4.90 Å². The van der Waals surface area contributed by atoms with Gasteiger partial charge in [-0.3, -0.25) is 0 Å². The highest BCUT2D eigenvalue weighted by atomic mass is 16.3. The zero-order valence-electron chi connectivity index (χ0n) is 34.3. The van der Waals surface area contributed by atoms with Gasteiger partial charge in [-0.15, -0.1) is 0 Å². The molecule has 12 rings (SSSR count). The van der Waals surface area contributed by atoms with E-state index in [2.05, 4.69) is 217 Å². The van der Waals surface area contributed by atoms with Crippen LogP contribution in [0.1, 0.15) is 0 Å². The van der Waals surface area contributed by atoms with Crippen LogP contribution in [0.4, 0.5) is 17.1 Å². The van der Waals surface area contributed by atoms with Crippen molar-refractivity contribution in [3.63, 3.8) is 0 Å². The van der Waals surface area contributed by atoms with Crippen LogP contribution in [0.25, 0.3) is 99.5 Å². The zero-order chi connectivity index (χ0) is 41.7. The second-order valence-electron chi connectivity index (χ2n) is 16.0. The zero-order valence-corrected chi connectivity index (χ0v) is 34.3. The Bertz CT molecular complexity index is 3600. The largest absolute Gasteiger partial charge is 0.456 e. The molecule has 3 nitrogen and oxygen atoms in total. The molecule has 0 aliphatic carbocycles. The van der Waals surface area contributed by atoms with Gasteiger partial charge in [0.1, 0.15) is 22.3 Å². The Balaban J connectivity index is 0.995. The van der Waals surface area contributed by atoms with Gasteiger partial charge in [0.15, 0.2) is 0 Å². The monoisotopic (exact) mass is 805 g/mol. The summed E-state index contributed by atoms with van der Waals surface area (Å²) in [7, 11) is 0. The molecule has 2 heterocycles. The first kappa shape index (κ1) is 36.5. The molecule has 0 atom stereocenters. The summed E-state index contributed by atoms with van der Waals surface area (Å²) in [5.41, 5.74) is 18.2. The average molecular weight is 806 g/mol. The highest BCUT2D eigenvalue weighted by Gasteiger charge is 2.20. The molecular weight excluding hydrogens is 767 g/mol. The smallest absolute Gasteiger partial charge is 0.143 e. The van der Waals surface area contributed by atoms with Gasteiger partial charge < -0.3 is 13.7 Å². The van der Waals surface area contributed by atoms with Crippen molar-refractivity contribution in [3.8, 4) is 55.6 Å². The standard InChI is InChI=1S/C60H39NO2/c1-3-15-40(16-4-1)47-19-7-8-22-54(47)59-48(41-17-5-2-6-18-41)23-13-24-49(59)42-29-33-44(34-30-42)61(46-37-38-53-51-20-9-11-27-56(51)62-58(53)39-46)45-35-31-43(32-36-45)50-25-14-26-55-52-21-10-12-28-57(52)63-60(50)55/h1-39H. The van der Waals surface area contributed by atoms with Crippen LogP contribution in [0.3, 0.4) is 0 Å². The van der Waals surface area contributed by atoms with E-state index in [-0.39, 0.29) is 0 Å². The average Bonchev–Trinajstić information content (AvgIpc) is 3.93. The Morgan fingerprint density at radius 2 is 0.683 bits per heavy atom. The third kappa shape index (κ3) is 6.38. The third-order valence-electron chi connectivity index (χ3n) is 12.3. The molecular formula is C60H39NO2. The molecule has 0 unspecified atom stereocenters. The number of hydrogen-bond acceptors (Lipinski definition) is 3. The first-order chi connectivity index (χ1) is 31.2. The maximum absolute atomic E-state index is 6.44. The van der Waals surface area contributed by atoms with Crippen LogP contribution in [-0.2, 0) is 0 Å². The van der Waals surface area contributed by atoms with Crippen molar-refractivity contribution in [1.82, 2.24) is 0 Å². The first-order valence-corrected chi connectivity index (χ1v) is 21.4. The summed E-state index contributed by atoms with van der Waals surface area (Å²) in [6.45, 7) is 0. The van der Waals surface area contributed by atoms with E-state index in [9.17, 15) is 0 Å². The van der Waals surface area contributed by atoms with Crippen LogP contribution in [0.15, 0.2) is 245 Å². The van der Waals surface area contributed by atoms with Gasteiger partial charge >= 0.3 is 0 Å². The lowest BCUT2D eigenvalue weighted by molar-refractivity contribution is 0.669.